The van der Waals surface area contributed by atoms with Crippen LogP contribution in [0.3, 0.4) is 0 Å². The van der Waals surface area contributed by atoms with Gasteiger partial charge in [0.05, 0.1) is 23.2 Å². The van der Waals surface area contributed by atoms with Crippen molar-refractivity contribution < 1.29 is 28.9 Å². The first-order valence-corrected chi connectivity index (χ1v) is 13.4. The molecule has 4 aliphatic carbocycles. The summed E-state index contributed by atoms with van der Waals surface area (Å²) in [6, 6.07) is 0. The zero-order chi connectivity index (χ0) is 26.9. The molecule has 1 aliphatic heterocycles. The van der Waals surface area contributed by atoms with E-state index in [1.807, 2.05) is 26.0 Å². The number of halogens is 1. The van der Waals surface area contributed by atoms with E-state index in [1.165, 1.54) is 10.9 Å². The molecule has 8 atom stereocenters. The van der Waals surface area contributed by atoms with E-state index in [0.717, 1.165) is 12.0 Å². The van der Waals surface area contributed by atoms with Crippen molar-refractivity contribution >= 4 is 23.4 Å². The summed E-state index contributed by atoms with van der Waals surface area (Å²) in [7, 11) is 1.60. The maximum absolute atomic E-state index is 14.7. The van der Waals surface area contributed by atoms with Gasteiger partial charge in [-0.15, -0.1) is 0 Å². The van der Waals surface area contributed by atoms with Crippen molar-refractivity contribution in [2.24, 2.45) is 41.5 Å². The summed E-state index contributed by atoms with van der Waals surface area (Å²) < 4.78 is 19.9. The summed E-state index contributed by atoms with van der Waals surface area (Å²) in [4.78, 5) is 28.1. The molecule has 9 heteroatoms. The van der Waals surface area contributed by atoms with Crippen molar-refractivity contribution in [2.45, 2.75) is 71.6 Å². The van der Waals surface area contributed by atoms with Gasteiger partial charge in [-0.3, -0.25) is 9.48 Å². The van der Waals surface area contributed by atoms with Crippen molar-refractivity contribution in [3.63, 3.8) is 0 Å². The molecule has 37 heavy (non-hydrogen) atoms. The molecule has 200 valence electrons. The van der Waals surface area contributed by atoms with Crippen LogP contribution < -0.4 is 0 Å². The fourth-order valence-corrected chi connectivity index (χ4v) is 8.35. The molecule has 6 rings (SSSR count). The van der Waals surface area contributed by atoms with Crippen LogP contribution in [0.2, 0.25) is 5.02 Å². The number of ether oxygens (including phenoxy) is 3. The molecule has 8 nitrogen and oxygen atoms in total. The number of ketones is 1. The average Bonchev–Trinajstić information content (AvgIpc) is 3.09. The number of Topliss-reactive ketones (excluding diaryl/α,β-unsaturated/α-hetero) is 1. The summed E-state index contributed by atoms with van der Waals surface area (Å²) in [5, 5.41) is 17.2. The Morgan fingerprint density at radius 3 is 2.65 bits per heavy atom. The van der Waals surface area contributed by atoms with Gasteiger partial charge in [0.2, 0.25) is 0 Å². The summed E-state index contributed by atoms with van der Waals surface area (Å²) in [5.41, 5.74) is -1.70. The Kier molecular flexibility index (Phi) is 5.16. The Hall–Kier alpha value is -2.00. The minimum Gasteiger partial charge on any atom is -0.450 e. The van der Waals surface area contributed by atoms with Crippen LogP contribution in [-0.4, -0.2) is 56.8 Å². The molecule has 2 bridgehead atoms. The summed E-state index contributed by atoms with van der Waals surface area (Å²) in [6.45, 7) is 12.1. The predicted molar refractivity (Wildman–Crippen MR) is 135 cm³/mol. The first kappa shape index (κ1) is 25.3. The molecule has 0 radical (unpaired) electrons. The third-order valence-electron chi connectivity index (χ3n) is 9.98. The molecule has 0 aromatic carbocycles. The molecular weight excluding hydrogens is 496 g/mol. The number of fused-ring (bicyclic) bond motifs is 5. The van der Waals surface area contributed by atoms with E-state index in [4.69, 9.17) is 25.8 Å². The summed E-state index contributed by atoms with van der Waals surface area (Å²) in [6.07, 6.45) is 4.00. The number of aliphatic hydroxyl groups is 1. The number of hydrogen-bond acceptors (Lipinski definition) is 7. The van der Waals surface area contributed by atoms with E-state index in [1.54, 1.807) is 20.9 Å². The number of rotatable bonds is 2. The number of esters is 1. The number of aromatic nitrogens is 2. The summed E-state index contributed by atoms with van der Waals surface area (Å²) >= 11 is 6.24. The lowest BCUT2D eigenvalue weighted by Crippen LogP contribution is -2.68. The van der Waals surface area contributed by atoms with E-state index in [2.05, 4.69) is 18.9 Å². The van der Waals surface area contributed by atoms with E-state index in [-0.39, 0.29) is 46.3 Å². The van der Waals surface area contributed by atoms with Crippen LogP contribution in [0.25, 0.3) is 0 Å². The predicted octanol–water partition coefficient (Wildman–Crippen LogP) is 3.87. The fraction of sp³-hybridized carbons (Fsp3) is 0.679. The minimum absolute atomic E-state index is 0.0275. The van der Waals surface area contributed by atoms with Gasteiger partial charge in [-0.05, 0) is 61.5 Å². The molecule has 1 N–H and O–H groups in total. The quantitative estimate of drug-likeness (QED) is 0.457. The normalized spacial score (nSPS) is 42.9. The highest BCUT2D eigenvalue weighted by Crippen LogP contribution is 2.72. The Morgan fingerprint density at radius 2 is 2.00 bits per heavy atom. The van der Waals surface area contributed by atoms with Crippen molar-refractivity contribution in [3.05, 3.63) is 40.2 Å². The second-order valence-electron chi connectivity index (χ2n) is 12.7. The molecule has 2 saturated carbocycles. The highest BCUT2D eigenvalue weighted by atomic mass is 35.5. The number of carbonyl (C=O) groups excluding carboxylic acids is 2. The van der Waals surface area contributed by atoms with Gasteiger partial charge in [-0.2, -0.15) is 5.10 Å². The van der Waals surface area contributed by atoms with Crippen LogP contribution in [0, 0.1) is 34.5 Å². The standard InChI is InChI=1S/C28H35ClN2O6/c1-13-10-27-14(2)8-17-19(25(17,3)4)16(21(27)32)9-15-12-35-26(5,6)37-23(15)28(27,34)22(13)36-24(33)20-18(29)11-30-31(20)7/h9-11,14,16-17,19,22-23,34H,8,12H2,1-7H3/t14?,16-,17+,19-,22-,23+,27?,28+/m0/s1. The van der Waals surface area contributed by atoms with Crippen LogP contribution in [0.1, 0.15) is 58.5 Å². The van der Waals surface area contributed by atoms with Crippen molar-refractivity contribution in [2.75, 3.05) is 6.61 Å². The van der Waals surface area contributed by atoms with Gasteiger partial charge in [0, 0.05) is 13.0 Å². The topological polar surface area (TPSA) is 99.9 Å². The highest BCUT2D eigenvalue weighted by Gasteiger charge is 2.77. The van der Waals surface area contributed by atoms with Crippen LogP contribution in [0.15, 0.2) is 29.5 Å². The van der Waals surface area contributed by atoms with E-state index < -0.39 is 35.0 Å². The van der Waals surface area contributed by atoms with Crippen LogP contribution in [0.5, 0.6) is 0 Å². The van der Waals surface area contributed by atoms with Gasteiger partial charge < -0.3 is 19.3 Å². The zero-order valence-corrected chi connectivity index (χ0v) is 23.1. The smallest absolute Gasteiger partial charge is 0.358 e. The first-order valence-electron chi connectivity index (χ1n) is 13.0. The largest absolute Gasteiger partial charge is 0.450 e. The Morgan fingerprint density at radius 1 is 1.30 bits per heavy atom. The van der Waals surface area contributed by atoms with Crippen molar-refractivity contribution in [1.82, 2.24) is 9.78 Å². The lowest BCUT2D eigenvalue weighted by Gasteiger charge is -2.52. The lowest BCUT2D eigenvalue weighted by molar-refractivity contribution is -0.302. The minimum atomic E-state index is -1.86. The molecule has 5 aliphatic rings. The third kappa shape index (κ3) is 3.10. The average molecular weight is 531 g/mol. The molecule has 1 saturated heterocycles. The van der Waals surface area contributed by atoms with E-state index in [0.29, 0.717) is 11.5 Å². The molecule has 2 unspecified atom stereocenters. The summed E-state index contributed by atoms with van der Waals surface area (Å²) in [5.74, 6) is -1.80. The number of aryl methyl sites for hydroxylation is 1. The molecular formula is C28H35ClN2O6. The van der Waals surface area contributed by atoms with Gasteiger partial charge in [-0.1, -0.05) is 44.5 Å². The molecule has 0 amide bonds. The van der Waals surface area contributed by atoms with Gasteiger partial charge >= 0.3 is 5.97 Å². The van der Waals surface area contributed by atoms with Gasteiger partial charge in [0.25, 0.3) is 0 Å². The Bertz CT molecular complexity index is 1260. The molecule has 2 heterocycles. The van der Waals surface area contributed by atoms with Gasteiger partial charge in [0.15, 0.2) is 29.0 Å². The lowest BCUT2D eigenvalue weighted by atomic mass is 9.59. The van der Waals surface area contributed by atoms with Crippen LogP contribution in [-0.2, 0) is 26.1 Å². The number of hydrogen-bond donors (Lipinski definition) is 1. The Labute approximate surface area is 222 Å². The Balaban J connectivity index is 1.53. The van der Waals surface area contributed by atoms with Gasteiger partial charge in [0.1, 0.15) is 6.10 Å². The fourth-order valence-electron chi connectivity index (χ4n) is 8.10. The zero-order valence-electron chi connectivity index (χ0n) is 22.4. The second-order valence-corrected chi connectivity index (χ2v) is 13.1. The van der Waals surface area contributed by atoms with Gasteiger partial charge in [-0.25, -0.2) is 4.79 Å². The molecule has 1 aromatic heterocycles. The molecule has 1 spiro atoms. The van der Waals surface area contributed by atoms with E-state index in [9.17, 15) is 14.7 Å². The van der Waals surface area contributed by atoms with Crippen LogP contribution in [0.4, 0.5) is 0 Å². The highest BCUT2D eigenvalue weighted by molar-refractivity contribution is 6.33. The van der Waals surface area contributed by atoms with Crippen molar-refractivity contribution in [3.8, 4) is 0 Å². The monoisotopic (exact) mass is 530 g/mol. The molecule has 1 aromatic rings. The molecule has 3 fully saturated rings. The van der Waals surface area contributed by atoms with Crippen molar-refractivity contribution in [1.29, 1.82) is 0 Å². The number of nitrogens with zero attached hydrogens (tertiary/aromatic N) is 2. The number of allylic oxidation sites excluding steroid dienone is 1. The van der Waals surface area contributed by atoms with E-state index >= 15 is 0 Å². The maximum Gasteiger partial charge on any atom is 0.358 e. The maximum atomic E-state index is 14.7. The third-order valence-corrected chi connectivity index (χ3v) is 10.3. The number of carbonyl (C=O) groups is 2. The van der Waals surface area contributed by atoms with Crippen LogP contribution >= 0.6 is 11.6 Å². The first-order chi connectivity index (χ1) is 17.2. The second kappa shape index (κ2) is 7.56. The SMILES string of the molecule is CC1=CC23C(=O)[C@@H](C=C4COC(C)(C)O[C@H]4[C@]2(O)[C@H]1OC(=O)c1c(Cl)cnn1C)[C@H]1[C@@H](CC3C)C1(C)C.